The molecule has 0 bridgehead atoms. The molecule has 0 saturated carbocycles. The summed E-state index contributed by atoms with van der Waals surface area (Å²) in [6.45, 7) is 0.490. The number of hydrazone groups is 1. The number of nitrogens with zero attached hydrogens (tertiary/aromatic N) is 2. The van der Waals surface area contributed by atoms with E-state index >= 15 is 0 Å². The molecule has 12 heteroatoms. The number of anilines is 1. The summed E-state index contributed by atoms with van der Waals surface area (Å²) in [5.41, 5.74) is 8.30. The average molecular weight is 463 g/mol. The minimum absolute atomic E-state index is 0.0664. The van der Waals surface area contributed by atoms with Crippen LogP contribution in [0.5, 0.6) is 0 Å². The second kappa shape index (κ2) is 12.5. The van der Waals surface area contributed by atoms with Crippen molar-refractivity contribution >= 4 is 34.0 Å². The fourth-order valence-corrected chi connectivity index (χ4v) is 3.35. The molecule has 0 aliphatic rings. The zero-order valence-electron chi connectivity index (χ0n) is 17.5. The number of carbonyl (C=O) groups excluding carboxylic acids is 2. The highest BCUT2D eigenvalue weighted by molar-refractivity contribution is 7.86. The van der Waals surface area contributed by atoms with Crippen LogP contribution in [-0.2, 0) is 14.9 Å². The van der Waals surface area contributed by atoms with Gasteiger partial charge in [-0.25, -0.2) is 10.4 Å². The van der Waals surface area contributed by atoms with Crippen molar-refractivity contribution in [2.75, 3.05) is 19.0 Å². The van der Waals surface area contributed by atoms with Crippen LogP contribution in [0.2, 0.25) is 0 Å². The Kier molecular flexibility index (Phi) is 9.73. The molecular formula is C20H26N6O5S. The highest BCUT2D eigenvalue weighted by atomic mass is 32.2. The number of pyridine rings is 1. The molecule has 172 valence electrons. The molecule has 0 fully saturated rings. The zero-order chi connectivity index (χ0) is 23.4. The van der Waals surface area contributed by atoms with E-state index in [2.05, 4.69) is 31.7 Å². The molecule has 32 heavy (non-hydrogen) atoms. The summed E-state index contributed by atoms with van der Waals surface area (Å²) in [5.74, 6) is 0.0211. The fourth-order valence-electron chi connectivity index (χ4n) is 2.68. The van der Waals surface area contributed by atoms with Crippen LogP contribution >= 0.6 is 0 Å². The highest BCUT2D eigenvalue weighted by Crippen LogP contribution is 2.13. The molecule has 2 aromatic rings. The van der Waals surface area contributed by atoms with Gasteiger partial charge in [-0.2, -0.15) is 13.5 Å². The first-order valence-corrected chi connectivity index (χ1v) is 11.3. The maximum atomic E-state index is 12.2. The number of nitrogens with one attached hydrogen (secondary N) is 4. The molecule has 0 spiro atoms. The van der Waals surface area contributed by atoms with E-state index in [-0.39, 0.29) is 22.3 Å². The summed E-state index contributed by atoms with van der Waals surface area (Å²) in [6.07, 6.45) is 5.37. The summed E-state index contributed by atoms with van der Waals surface area (Å²) in [6, 6.07) is 9.00. The van der Waals surface area contributed by atoms with E-state index in [0.29, 0.717) is 24.3 Å². The summed E-state index contributed by atoms with van der Waals surface area (Å²) < 4.78 is 32.0. The number of unbranched alkanes of at least 4 members (excludes halogenated alkanes) is 2. The van der Waals surface area contributed by atoms with Gasteiger partial charge >= 0.3 is 0 Å². The highest BCUT2D eigenvalue weighted by Gasteiger charge is 2.13. The lowest BCUT2D eigenvalue weighted by atomic mass is 10.2. The molecule has 2 rings (SSSR count). The summed E-state index contributed by atoms with van der Waals surface area (Å²) in [5, 5.41) is 6.71. The van der Waals surface area contributed by atoms with Crippen molar-refractivity contribution in [1.82, 2.24) is 21.2 Å². The van der Waals surface area contributed by atoms with Gasteiger partial charge in [0.05, 0.1) is 11.8 Å². The predicted octanol–water partition coefficient (Wildman–Crippen LogP) is 1.32. The van der Waals surface area contributed by atoms with E-state index in [1.807, 2.05) is 0 Å². The van der Waals surface area contributed by atoms with Gasteiger partial charge in [-0.1, -0.05) is 24.6 Å². The number of hydrogen-bond acceptors (Lipinski definition) is 8. The Morgan fingerprint density at radius 1 is 1.12 bits per heavy atom. The minimum atomic E-state index is -4.36. The second-order valence-electron chi connectivity index (χ2n) is 6.68. The van der Waals surface area contributed by atoms with Gasteiger partial charge in [0.2, 0.25) is 5.91 Å². The molecule has 1 heterocycles. The van der Waals surface area contributed by atoms with E-state index in [1.165, 1.54) is 30.6 Å². The van der Waals surface area contributed by atoms with Crippen LogP contribution in [-0.4, -0.2) is 49.6 Å². The normalized spacial score (nSPS) is 11.3. The lowest BCUT2D eigenvalue weighted by Crippen LogP contribution is -2.33. The van der Waals surface area contributed by atoms with E-state index in [1.54, 1.807) is 25.2 Å². The van der Waals surface area contributed by atoms with Gasteiger partial charge in [0.1, 0.15) is 10.7 Å². The van der Waals surface area contributed by atoms with Gasteiger partial charge in [0, 0.05) is 31.8 Å². The van der Waals surface area contributed by atoms with Crippen LogP contribution < -0.4 is 21.6 Å². The smallest absolute Gasteiger partial charge is 0.295 e. The topological polar surface area (TPSA) is 162 Å². The average Bonchev–Trinajstić information content (AvgIpc) is 2.76. The summed E-state index contributed by atoms with van der Waals surface area (Å²) in [4.78, 5) is 27.3. The second-order valence-corrected chi connectivity index (χ2v) is 8.07. The number of hydrazine groups is 1. The van der Waals surface area contributed by atoms with E-state index in [0.717, 1.165) is 19.3 Å². The number of aromatic nitrogens is 1. The van der Waals surface area contributed by atoms with Crippen LogP contribution in [0.4, 0.5) is 5.82 Å². The maximum Gasteiger partial charge on any atom is 0.295 e. The van der Waals surface area contributed by atoms with Crippen molar-refractivity contribution < 1.29 is 22.6 Å². The number of benzene rings is 1. The molecule has 0 unspecified atom stereocenters. The Bertz CT molecular complexity index is 1040. The van der Waals surface area contributed by atoms with Crippen LogP contribution in [0.25, 0.3) is 0 Å². The molecular weight excluding hydrogens is 436 g/mol. The lowest BCUT2D eigenvalue weighted by molar-refractivity contribution is -0.122. The molecule has 1 aromatic carbocycles. The molecule has 0 radical (unpaired) electrons. The monoisotopic (exact) mass is 462 g/mol. The number of amides is 2. The first kappa shape index (κ1) is 24.9. The molecule has 0 aliphatic carbocycles. The van der Waals surface area contributed by atoms with E-state index in [4.69, 9.17) is 0 Å². The third-order valence-electron chi connectivity index (χ3n) is 4.24. The fraction of sp³-hybridized carbons (Fsp3) is 0.300. The molecule has 0 atom stereocenters. The third kappa shape index (κ3) is 8.41. The van der Waals surface area contributed by atoms with Crippen LogP contribution in [0.3, 0.4) is 0 Å². The first-order chi connectivity index (χ1) is 15.3. The van der Waals surface area contributed by atoms with Crippen molar-refractivity contribution in [2.24, 2.45) is 5.10 Å². The first-order valence-electron chi connectivity index (χ1n) is 9.86. The quantitative estimate of drug-likeness (QED) is 0.136. The SMILES string of the molecule is CNNC(=O)CCCCCNC(=O)c1ccc(N/N=C\c2ccccc2S(=O)(=O)O)nc1. The van der Waals surface area contributed by atoms with E-state index < -0.39 is 10.1 Å². The number of carbonyl (C=O) groups is 2. The predicted molar refractivity (Wildman–Crippen MR) is 120 cm³/mol. The van der Waals surface area contributed by atoms with Crippen LogP contribution in [0.1, 0.15) is 41.6 Å². The maximum absolute atomic E-state index is 12.2. The summed E-state index contributed by atoms with van der Waals surface area (Å²) >= 11 is 0. The largest absolute Gasteiger partial charge is 0.352 e. The Morgan fingerprint density at radius 2 is 1.91 bits per heavy atom. The van der Waals surface area contributed by atoms with Crippen LogP contribution in [0.15, 0.2) is 52.6 Å². The number of hydrogen-bond donors (Lipinski definition) is 5. The molecule has 0 saturated heterocycles. The summed E-state index contributed by atoms with van der Waals surface area (Å²) in [7, 11) is -2.73. The van der Waals surface area contributed by atoms with E-state index in [9.17, 15) is 22.6 Å². The van der Waals surface area contributed by atoms with Gasteiger partial charge in [-0.3, -0.25) is 25.0 Å². The van der Waals surface area contributed by atoms with Gasteiger partial charge in [0.15, 0.2) is 0 Å². The molecule has 1 aromatic heterocycles. The Labute approximate surface area is 186 Å². The van der Waals surface area contributed by atoms with Crippen molar-refractivity contribution in [2.45, 2.75) is 30.6 Å². The molecule has 0 aliphatic heterocycles. The van der Waals surface area contributed by atoms with Gasteiger partial charge in [-0.05, 0) is 31.0 Å². The van der Waals surface area contributed by atoms with Crippen molar-refractivity contribution in [3.63, 3.8) is 0 Å². The zero-order valence-corrected chi connectivity index (χ0v) is 18.4. The Hall–Kier alpha value is -3.35. The Morgan fingerprint density at radius 3 is 2.59 bits per heavy atom. The van der Waals surface area contributed by atoms with Crippen LogP contribution in [0, 0.1) is 0 Å². The standard InChI is InChI=1S/C20H26N6O5S/c1-21-26-19(27)9-3-2-6-12-22-20(28)16-10-11-18(23-13-16)25-24-14-15-7-4-5-8-17(15)32(29,30)31/h4-5,7-8,10-11,13-14,21H,2-3,6,9,12H2,1H3,(H,22,28)(H,23,25)(H,26,27)(H,29,30,31)/b24-14-. The van der Waals surface area contributed by atoms with Crippen molar-refractivity contribution in [3.8, 4) is 0 Å². The Balaban J connectivity index is 1.78. The minimum Gasteiger partial charge on any atom is -0.352 e. The van der Waals surface area contributed by atoms with Gasteiger partial charge in [0.25, 0.3) is 16.0 Å². The van der Waals surface area contributed by atoms with Gasteiger partial charge < -0.3 is 5.32 Å². The van der Waals surface area contributed by atoms with Crippen molar-refractivity contribution in [3.05, 3.63) is 53.7 Å². The molecule has 11 nitrogen and oxygen atoms in total. The molecule has 2 amide bonds. The van der Waals surface area contributed by atoms with Gasteiger partial charge in [-0.15, -0.1) is 0 Å². The third-order valence-corrected chi connectivity index (χ3v) is 5.16. The molecule has 5 N–H and O–H groups in total. The lowest BCUT2D eigenvalue weighted by Gasteiger charge is -2.06. The number of rotatable bonds is 12. The van der Waals surface area contributed by atoms with Crippen molar-refractivity contribution in [1.29, 1.82) is 0 Å².